The molecule has 636 valence electrons. The van der Waals surface area contributed by atoms with Crippen LogP contribution in [0.5, 0.6) is 23.0 Å². The number of nitrogen functional groups attached to an aromatic ring is 3. The Balaban J connectivity index is 0.000000191. The molecule has 28 nitrogen and oxygen atoms in total. The number of imidazole rings is 3. The van der Waals surface area contributed by atoms with Crippen LogP contribution in [0.2, 0.25) is 0 Å². The number of benzene rings is 6. The van der Waals surface area contributed by atoms with Crippen LogP contribution < -0.4 is 37.7 Å². The number of rotatable bonds is 41. The van der Waals surface area contributed by atoms with Crippen LogP contribution in [0.1, 0.15) is 160 Å². The number of carbonyl (C=O) groups excluding carboxylic acids is 3. The summed E-state index contributed by atoms with van der Waals surface area (Å²) in [6.07, 6.45) is 30.7. The SMILES string of the molecule is C#CC(=O)NCCCOCCCc1ccc2c(c1)nc(N)c1nc(CCCC)n(Cc3ccc(O)c(C)c3)c12.C#CC(=O)NCCCOCCCc1ccc2c(c1)nc(N)c1nc(CCCC)n(Cc3ccc(OP(=O)(O)O)c(C)c3)c12.C#CC(=O)NCCCOCCCc1ccc2c(c1)nc(N)c1nc(CCCC)n(Cc3cccc(O)c3O)c12. The third-order valence-corrected chi connectivity index (χ3v) is 21.0. The van der Waals surface area contributed by atoms with Gasteiger partial charge in [-0.2, -0.15) is 0 Å². The van der Waals surface area contributed by atoms with E-state index in [0.29, 0.717) is 137 Å². The molecule has 0 unspecified atom stereocenters. The number of fused-ring (bicyclic) bond motifs is 9. The molecule has 6 heterocycles. The number of phenolic OH excluding ortho intramolecular Hbond substituents is 3. The molecule has 0 bridgehead atoms. The maximum Gasteiger partial charge on any atom is 0.524 e. The molecule has 0 fully saturated rings. The number of carbonyl (C=O) groups is 3. The van der Waals surface area contributed by atoms with Gasteiger partial charge >= 0.3 is 7.82 Å². The Bertz CT molecular complexity index is 5810. The quantitative estimate of drug-likeness (QED) is 0.00734. The minimum absolute atomic E-state index is 0.131. The summed E-state index contributed by atoms with van der Waals surface area (Å²) in [7, 11) is -4.66. The third kappa shape index (κ3) is 25.1. The highest BCUT2D eigenvalue weighted by atomic mass is 31.2. The second-order valence-electron chi connectivity index (χ2n) is 29.8. The number of nitrogens with zero attached hydrogens (tertiary/aromatic N) is 9. The molecule has 12 rings (SSSR count). The molecule has 3 amide bonds. The van der Waals surface area contributed by atoms with Gasteiger partial charge in [0.05, 0.1) is 39.6 Å². The van der Waals surface area contributed by atoms with Crippen molar-refractivity contribution in [2.24, 2.45) is 0 Å². The first-order valence-corrected chi connectivity index (χ1v) is 42.8. The smallest absolute Gasteiger partial charge is 0.508 e. The van der Waals surface area contributed by atoms with Gasteiger partial charge in [-0.05, 0) is 184 Å². The van der Waals surface area contributed by atoms with E-state index in [1.54, 1.807) is 37.3 Å². The molecule has 0 aliphatic carbocycles. The maximum atomic E-state index is 11.3. The van der Waals surface area contributed by atoms with Crippen molar-refractivity contribution in [2.45, 2.75) is 170 Å². The molecule has 121 heavy (non-hydrogen) atoms. The number of pyridine rings is 3. The summed E-state index contributed by atoms with van der Waals surface area (Å²) in [6, 6.07) is 34.7. The number of aromatic hydroxyl groups is 3. The number of phosphoric acid groups is 1. The van der Waals surface area contributed by atoms with E-state index < -0.39 is 25.5 Å². The van der Waals surface area contributed by atoms with Crippen molar-refractivity contribution in [1.82, 2.24) is 59.6 Å². The third-order valence-electron chi connectivity index (χ3n) is 20.5. The fraction of sp³-hybridized carbons (Fsp3) is 0.380. The monoisotopic (exact) mass is 1660 g/mol. The molecule has 12 aromatic rings. The largest absolute Gasteiger partial charge is 0.524 e. The number of para-hydroxylation sites is 1. The van der Waals surface area contributed by atoms with Gasteiger partial charge in [-0.15, -0.1) is 19.3 Å². The van der Waals surface area contributed by atoms with Crippen LogP contribution in [0, 0.1) is 50.9 Å². The lowest BCUT2D eigenvalue weighted by Crippen LogP contribution is -2.23. The highest BCUT2D eigenvalue weighted by Crippen LogP contribution is 2.41. The van der Waals surface area contributed by atoms with E-state index in [1.165, 1.54) is 11.6 Å². The first-order valence-electron chi connectivity index (χ1n) is 41.2. The van der Waals surface area contributed by atoms with Crippen molar-refractivity contribution in [2.75, 3.05) is 76.5 Å². The van der Waals surface area contributed by atoms with Crippen LogP contribution >= 0.6 is 7.82 Å². The van der Waals surface area contributed by atoms with E-state index >= 15 is 0 Å². The van der Waals surface area contributed by atoms with E-state index in [4.69, 9.17) is 80.1 Å². The number of phenols is 3. The van der Waals surface area contributed by atoms with Crippen LogP contribution in [0.4, 0.5) is 17.5 Å². The predicted molar refractivity (Wildman–Crippen MR) is 475 cm³/mol. The highest BCUT2D eigenvalue weighted by molar-refractivity contribution is 7.46. The van der Waals surface area contributed by atoms with Crippen molar-refractivity contribution in [1.29, 1.82) is 0 Å². The van der Waals surface area contributed by atoms with Gasteiger partial charge < -0.3 is 80.9 Å². The summed E-state index contributed by atoms with van der Waals surface area (Å²) in [5, 5.41) is 41.3. The molecule has 0 aliphatic heterocycles. The zero-order valence-corrected chi connectivity index (χ0v) is 70.4. The summed E-state index contributed by atoms with van der Waals surface area (Å²) < 4.78 is 39.7. The molecule has 6 aromatic carbocycles. The summed E-state index contributed by atoms with van der Waals surface area (Å²) in [5.41, 5.74) is 34.1. The van der Waals surface area contributed by atoms with Gasteiger partial charge in [0.1, 0.15) is 45.5 Å². The lowest BCUT2D eigenvalue weighted by atomic mass is 10.1. The normalized spacial score (nSPS) is 11.3. The molecule has 0 spiro atoms. The number of amides is 3. The van der Waals surface area contributed by atoms with Crippen LogP contribution in [0.15, 0.2) is 109 Å². The van der Waals surface area contributed by atoms with Crippen LogP contribution in [0.25, 0.3) is 65.8 Å². The van der Waals surface area contributed by atoms with Gasteiger partial charge in [0.2, 0.25) is 0 Å². The van der Waals surface area contributed by atoms with Crippen LogP contribution in [-0.2, 0) is 91.3 Å². The Morgan fingerprint density at radius 2 is 0.785 bits per heavy atom. The topological polar surface area (TPSA) is 413 Å². The number of nitrogens with one attached hydrogen (secondary N) is 3. The Kier molecular flexibility index (Phi) is 33.6. The first-order chi connectivity index (χ1) is 58.4. The number of terminal acetylenes is 3. The zero-order chi connectivity index (χ0) is 86.5. The number of unbranched alkanes of at least 4 members (excludes halogenated alkanes) is 3. The second-order valence-corrected chi connectivity index (χ2v) is 31.0. The van der Waals surface area contributed by atoms with Crippen molar-refractivity contribution >= 4 is 109 Å². The average molecular weight is 1660 g/mol. The fourth-order valence-electron chi connectivity index (χ4n) is 14.4. The highest BCUT2D eigenvalue weighted by Gasteiger charge is 2.24. The predicted octanol–water partition coefficient (Wildman–Crippen LogP) is 13.1. The standard InChI is InChI=1S/C31H38N5O6P.C31H37N5O3.C30H35N5O4/c1-4-6-10-27-35-29-30(36(27)20-23-12-14-26(21(3)18-23)42-43(38,39)40)24-13-11-22(19-25(24)34-31(29)32)9-7-16-41-17-8-15-33-28(37)5-2;1-4-6-10-27-35-29-30(36(27)20-23-12-14-26(37)21(3)18-23)24-13-11-22(19-25(24)34-31(29)32)9-7-16-39-17-8-15-33-28(38)5-2;1-3-5-12-25-34-27-28(35(25)19-21-10-6-11-24(36)29(21)38)22-14-13-20(18-23(22)33-30(27)31)9-7-16-39-17-8-15-32-26(37)4-2/h2,11-14,18-19H,4,6-10,15-17,20H2,1,3H3,(H2,32,34)(H,33,37)(H2,38,39,40);2,11-14,18-19,37H,4,6-10,15-17,20H2,1,3H3,(H2,32,34)(H,33,38);2,6,10-11,13-14,18,36,38H,3,5,7-9,12,15-17,19H2,1H3,(H2,31,33)(H,32,37). The zero-order valence-electron chi connectivity index (χ0n) is 69.5. The van der Waals surface area contributed by atoms with Gasteiger partial charge in [-0.1, -0.05) is 113 Å². The maximum absolute atomic E-state index is 11.3. The molecule has 0 saturated carbocycles. The molecule has 29 heteroatoms. The Hall–Kier alpha value is -12.3. The average Bonchev–Trinajstić information content (AvgIpc) is 1.62. The lowest BCUT2D eigenvalue weighted by molar-refractivity contribution is -0.116. The van der Waals surface area contributed by atoms with E-state index in [1.807, 2.05) is 42.9 Å². The van der Waals surface area contributed by atoms with E-state index in [0.717, 1.165) is 203 Å². The second kappa shape index (κ2) is 44.6. The Morgan fingerprint density at radius 3 is 1.14 bits per heavy atom. The number of aromatic nitrogens is 9. The number of anilines is 3. The minimum atomic E-state index is -4.66. The number of nitrogens with two attached hydrogens (primary N) is 3. The summed E-state index contributed by atoms with van der Waals surface area (Å²) in [4.78, 5) is 80.4. The molecule has 14 N–H and O–H groups in total. The molecular formula is C92H110N15O13P. The first kappa shape index (κ1) is 91.0. The number of ether oxygens (including phenoxy) is 3. The fourth-order valence-corrected chi connectivity index (χ4v) is 14.8. The van der Waals surface area contributed by atoms with Gasteiger partial charge in [0, 0.05) is 113 Å². The Labute approximate surface area is 705 Å². The molecule has 6 aromatic heterocycles. The van der Waals surface area contributed by atoms with Crippen LogP contribution in [-0.4, -0.2) is 146 Å². The van der Waals surface area contributed by atoms with E-state index in [-0.39, 0.29) is 17.2 Å². The summed E-state index contributed by atoms with van der Waals surface area (Å²) in [5.74, 6) is 8.97. The number of hydrogen-bond acceptors (Lipinski definition) is 20. The van der Waals surface area contributed by atoms with Crippen molar-refractivity contribution in [3.8, 4) is 60.0 Å². The van der Waals surface area contributed by atoms with E-state index in [9.17, 15) is 44.1 Å². The van der Waals surface area contributed by atoms with Gasteiger partial charge in [-0.3, -0.25) is 24.2 Å². The van der Waals surface area contributed by atoms with Crippen molar-refractivity contribution in [3.63, 3.8) is 0 Å². The summed E-state index contributed by atoms with van der Waals surface area (Å²) in [6.45, 7) is 16.6. The molecule has 0 aliphatic rings. The molecule has 0 saturated heterocycles. The van der Waals surface area contributed by atoms with Gasteiger partial charge in [0.25, 0.3) is 17.7 Å². The Morgan fingerprint density at radius 1 is 0.430 bits per heavy atom. The number of hydrogen-bond donors (Lipinski definition) is 11. The molecule has 0 atom stereocenters. The van der Waals surface area contributed by atoms with Crippen molar-refractivity contribution < 1.29 is 62.8 Å². The molecule has 0 radical (unpaired) electrons. The number of aryl methyl sites for hydroxylation is 8. The number of phosphoric ester groups is 1. The van der Waals surface area contributed by atoms with Crippen molar-refractivity contribution in [3.05, 3.63) is 171 Å². The minimum Gasteiger partial charge on any atom is -0.508 e. The van der Waals surface area contributed by atoms with Gasteiger partial charge in [0.15, 0.2) is 29.0 Å². The van der Waals surface area contributed by atoms with Gasteiger partial charge in [-0.25, -0.2) is 34.5 Å². The summed E-state index contributed by atoms with van der Waals surface area (Å²) >= 11 is 0. The lowest BCUT2D eigenvalue weighted by Gasteiger charge is -2.14. The van der Waals surface area contributed by atoms with Crippen LogP contribution in [0.3, 0.4) is 0 Å². The van der Waals surface area contributed by atoms with E-state index in [2.05, 4.69) is 110 Å². The molecular weight excluding hydrogens is 1550 g/mol.